The lowest BCUT2D eigenvalue weighted by Gasteiger charge is -1.73. The number of aliphatic imine (C=N–C) groups is 2. The lowest BCUT2D eigenvalue weighted by atomic mass is 10.9. The fraction of sp³-hybridized carbons (Fsp3) is 0. The molecule has 4 heteroatoms. The van der Waals surface area contributed by atoms with Gasteiger partial charge in [-0.1, -0.05) is 11.2 Å². The van der Waals surface area contributed by atoms with Crippen LogP contribution in [0.25, 0.3) is 0 Å². The Kier molecular flexibility index (Phi) is 1.55. The summed E-state index contributed by atoms with van der Waals surface area (Å²) in [4.78, 5) is 7.56. The first kappa shape index (κ1) is 4.95. The molecule has 7 heavy (non-hydrogen) atoms. The van der Waals surface area contributed by atoms with Crippen LogP contribution in [0.4, 0.5) is 0 Å². The van der Waals surface area contributed by atoms with Crippen molar-refractivity contribution >= 4 is 36.8 Å². The van der Waals surface area contributed by atoms with Gasteiger partial charge >= 0.3 is 0 Å². The van der Waals surface area contributed by atoms with Gasteiger partial charge in [0.05, 0.1) is 7.56 Å². The minimum Gasteiger partial charge on any atom is -0.231 e. The van der Waals surface area contributed by atoms with E-state index in [1.165, 1.54) is 0 Å². The van der Waals surface area contributed by atoms with E-state index in [2.05, 4.69) is 9.98 Å². The molecule has 0 bridgehead atoms. The van der Waals surface area contributed by atoms with Crippen LogP contribution in [0.5, 0.6) is 0 Å². The molecule has 0 aromatic rings. The molecule has 0 amide bonds. The zero-order valence-corrected chi connectivity index (χ0v) is 5.02. The fourth-order valence-electron chi connectivity index (χ4n) is 0.277. The predicted molar refractivity (Wildman–Crippen MR) is 34.8 cm³/mol. The third kappa shape index (κ3) is 1.08. The van der Waals surface area contributed by atoms with Gasteiger partial charge in [-0.25, -0.2) is 9.98 Å². The first-order chi connectivity index (χ1) is 3.43. The van der Waals surface area contributed by atoms with Crippen LogP contribution in [0, 0.1) is 0 Å². The molecule has 0 fully saturated rings. The lowest BCUT2D eigenvalue weighted by Crippen LogP contribution is -1.70. The first-order valence-electron chi connectivity index (χ1n) is 1.69. The van der Waals surface area contributed by atoms with Crippen LogP contribution in [0.15, 0.2) is 9.98 Å². The quantitative estimate of drug-likeness (QED) is 0.444. The van der Waals surface area contributed by atoms with Gasteiger partial charge in [0.2, 0.25) is 0 Å². The van der Waals surface area contributed by atoms with E-state index in [9.17, 15) is 0 Å². The molecule has 0 aromatic carbocycles. The normalized spacial score (nSPS) is 17.0. The smallest absolute Gasteiger partial charge is 0.191 e. The van der Waals surface area contributed by atoms with Gasteiger partial charge in [-0.3, -0.25) is 0 Å². The summed E-state index contributed by atoms with van der Waals surface area (Å²) >= 11 is 5.32. The highest BCUT2D eigenvalue weighted by Gasteiger charge is 1.89. The molecule has 0 saturated carbocycles. The molecule has 36 valence electrons. The van der Waals surface area contributed by atoms with Crippen molar-refractivity contribution in [2.45, 2.75) is 0 Å². The summed E-state index contributed by atoms with van der Waals surface area (Å²) in [5.41, 5.74) is 0.668. The number of halogens is 1. The number of hydrogen-bond donors (Lipinski definition) is 0. The van der Waals surface area contributed by atoms with E-state index >= 15 is 0 Å². The summed E-state index contributed by atoms with van der Waals surface area (Å²) in [6.07, 6.45) is 3.23. The number of nitrogens with zero attached hydrogens (tertiary/aromatic N) is 2. The van der Waals surface area contributed by atoms with E-state index < -0.39 is 0 Å². The van der Waals surface area contributed by atoms with Gasteiger partial charge in [0.1, 0.15) is 0 Å². The molecular formula is C3H2ClN2P. The number of hydrogen-bond acceptors (Lipinski definition) is 0. The third-order valence-corrected chi connectivity index (χ3v) is 1.36. The van der Waals surface area contributed by atoms with Crippen LogP contribution in [-0.4, -0.2) is 18.0 Å². The van der Waals surface area contributed by atoms with Crippen molar-refractivity contribution in [2.75, 3.05) is 0 Å². The maximum Gasteiger partial charge on any atom is 0.191 e. The van der Waals surface area contributed by atoms with Crippen molar-refractivity contribution in [1.82, 2.24) is 0 Å². The Balaban J connectivity index is 2.79. The van der Waals surface area contributed by atoms with Crippen LogP contribution < -0.4 is 0 Å². The molecule has 1 aliphatic heterocycles. The van der Waals surface area contributed by atoms with E-state index in [1.807, 2.05) is 0 Å². The standard InChI is InChI=1S/C3H2ClN2P/c4-7-3-5-1-2-6-3/h1-2H. The summed E-state index contributed by atoms with van der Waals surface area (Å²) < 4.78 is 0. The largest absolute Gasteiger partial charge is 0.231 e. The van der Waals surface area contributed by atoms with Crippen molar-refractivity contribution in [3.63, 3.8) is 0 Å². The van der Waals surface area contributed by atoms with Crippen molar-refractivity contribution < 1.29 is 0 Å². The lowest BCUT2D eigenvalue weighted by molar-refractivity contribution is 1.69. The van der Waals surface area contributed by atoms with Crippen molar-refractivity contribution in [3.8, 4) is 0 Å². The Morgan fingerprint density at radius 3 is 2.29 bits per heavy atom. The molecule has 0 atom stereocenters. The summed E-state index contributed by atoms with van der Waals surface area (Å²) in [6.45, 7) is 0. The Labute approximate surface area is 47.5 Å². The molecule has 0 saturated heterocycles. The molecule has 0 aliphatic carbocycles. The van der Waals surface area contributed by atoms with Gasteiger partial charge in [0, 0.05) is 12.4 Å². The molecule has 0 spiro atoms. The van der Waals surface area contributed by atoms with E-state index in [4.69, 9.17) is 11.2 Å². The van der Waals surface area contributed by atoms with Crippen LogP contribution in [0.1, 0.15) is 0 Å². The maximum atomic E-state index is 5.32. The summed E-state index contributed by atoms with van der Waals surface area (Å²) in [7, 11) is 0.615. The highest BCUT2D eigenvalue weighted by atomic mass is 35.7. The van der Waals surface area contributed by atoms with Crippen LogP contribution in [-0.2, 0) is 0 Å². The van der Waals surface area contributed by atoms with E-state index in [-0.39, 0.29) is 0 Å². The average Bonchev–Trinajstić information content (AvgIpc) is 2.14. The molecule has 1 aliphatic rings. The summed E-state index contributed by atoms with van der Waals surface area (Å²) in [5.74, 6) is 0. The average molecular weight is 132 g/mol. The van der Waals surface area contributed by atoms with E-state index in [0.717, 1.165) is 0 Å². The van der Waals surface area contributed by atoms with E-state index in [0.29, 0.717) is 13.1 Å². The second-order valence-corrected chi connectivity index (χ2v) is 2.02. The Bertz CT molecular complexity index is 135. The molecule has 0 aromatic heterocycles. The molecule has 2 nitrogen and oxygen atoms in total. The molecule has 1 rings (SSSR count). The summed E-state index contributed by atoms with van der Waals surface area (Å²) in [6, 6.07) is 0. The third-order valence-electron chi connectivity index (χ3n) is 0.522. The summed E-state index contributed by atoms with van der Waals surface area (Å²) in [5, 5.41) is 0. The van der Waals surface area contributed by atoms with Gasteiger partial charge in [-0.15, -0.1) is 0 Å². The zero-order valence-electron chi connectivity index (χ0n) is 3.37. The SMILES string of the molecule is ClP=C1N=CC=N1. The van der Waals surface area contributed by atoms with E-state index in [1.54, 1.807) is 12.4 Å². The van der Waals surface area contributed by atoms with Gasteiger partial charge in [-0.2, -0.15) is 0 Å². The van der Waals surface area contributed by atoms with Crippen LogP contribution >= 0.6 is 18.8 Å². The van der Waals surface area contributed by atoms with Gasteiger partial charge < -0.3 is 0 Å². The minimum atomic E-state index is 0.615. The topological polar surface area (TPSA) is 24.7 Å². The molecule has 0 N–H and O–H groups in total. The molecule has 0 radical (unpaired) electrons. The van der Waals surface area contributed by atoms with Crippen molar-refractivity contribution in [3.05, 3.63) is 0 Å². The van der Waals surface area contributed by atoms with Gasteiger partial charge in [0.15, 0.2) is 5.54 Å². The zero-order chi connectivity index (χ0) is 5.11. The van der Waals surface area contributed by atoms with Crippen LogP contribution in [0.3, 0.4) is 0 Å². The van der Waals surface area contributed by atoms with Gasteiger partial charge in [-0.05, 0) is 0 Å². The Hall–Kier alpha value is -0.200. The molecule has 0 unspecified atom stereocenters. The predicted octanol–water partition coefficient (Wildman–Crippen LogP) is 1.33. The Morgan fingerprint density at radius 1 is 1.43 bits per heavy atom. The number of rotatable bonds is 0. The first-order valence-corrected chi connectivity index (χ1v) is 3.49. The van der Waals surface area contributed by atoms with Gasteiger partial charge in [0.25, 0.3) is 0 Å². The second-order valence-electron chi connectivity index (χ2n) is 0.941. The fourth-order valence-corrected chi connectivity index (χ4v) is 0.759. The molecular weight excluding hydrogens is 130 g/mol. The highest BCUT2D eigenvalue weighted by Crippen LogP contribution is 2.07. The second kappa shape index (κ2) is 2.20. The Morgan fingerprint density at radius 2 is 2.00 bits per heavy atom. The monoisotopic (exact) mass is 132 g/mol. The van der Waals surface area contributed by atoms with Crippen molar-refractivity contribution in [1.29, 1.82) is 0 Å². The highest BCUT2D eigenvalue weighted by molar-refractivity contribution is 7.69. The van der Waals surface area contributed by atoms with Crippen LogP contribution in [0.2, 0.25) is 0 Å². The van der Waals surface area contributed by atoms with Crippen molar-refractivity contribution in [2.24, 2.45) is 9.98 Å². The molecule has 1 heterocycles. The maximum absolute atomic E-state index is 5.32. The minimum absolute atomic E-state index is 0.615.